The first-order chi connectivity index (χ1) is 9.81. The number of hydrogen-bond acceptors (Lipinski definition) is 3. The van der Waals surface area contributed by atoms with Gasteiger partial charge < -0.3 is 9.88 Å². The van der Waals surface area contributed by atoms with Crippen LogP contribution in [0.4, 0.5) is 5.69 Å². The maximum absolute atomic E-state index is 12.2. The lowest BCUT2D eigenvalue weighted by Gasteiger charge is -2.08. The highest BCUT2D eigenvalue weighted by atomic mass is 35.5. The summed E-state index contributed by atoms with van der Waals surface area (Å²) in [5.41, 5.74) is 0.731. The highest BCUT2D eigenvalue weighted by Crippen LogP contribution is 2.18. The monoisotopic (exact) mass is 327 g/mol. The predicted molar refractivity (Wildman–Crippen MR) is 80.9 cm³/mol. The molecule has 0 fully saturated rings. The number of halogens is 1. The summed E-state index contributed by atoms with van der Waals surface area (Å²) in [6.45, 7) is 2.47. The van der Waals surface area contributed by atoms with Crippen LogP contribution in [0.3, 0.4) is 0 Å². The molecule has 8 heteroatoms. The molecule has 0 bridgehead atoms. The van der Waals surface area contributed by atoms with Gasteiger partial charge in [-0.1, -0.05) is 17.7 Å². The van der Waals surface area contributed by atoms with E-state index in [0.29, 0.717) is 22.9 Å². The zero-order valence-electron chi connectivity index (χ0n) is 11.2. The highest BCUT2D eigenvalue weighted by Gasteiger charge is 2.14. The zero-order valence-corrected chi connectivity index (χ0v) is 12.8. The van der Waals surface area contributed by atoms with Crippen molar-refractivity contribution in [1.82, 2.24) is 4.57 Å². The van der Waals surface area contributed by atoms with Crippen molar-refractivity contribution in [2.24, 2.45) is 5.14 Å². The summed E-state index contributed by atoms with van der Waals surface area (Å²) in [6.07, 6.45) is 1.65. The molecule has 0 aliphatic carbocycles. The molecule has 1 aromatic heterocycles. The molecule has 0 saturated carbocycles. The Kier molecular flexibility index (Phi) is 4.36. The van der Waals surface area contributed by atoms with Gasteiger partial charge in [-0.25, -0.2) is 13.6 Å². The van der Waals surface area contributed by atoms with Gasteiger partial charge in [-0.3, -0.25) is 4.79 Å². The van der Waals surface area contributed by atoms with E-state index in [1.165, 1.54) is 18.2 Å². The van der Waals surface area contributed by atoms with Gasteiger partial charge in [0.25, 0.3) is 5.91 Å². The van der Waals surface area contributed by atoms with E-state index in [4.69, 9.17) is 16.7 Å². The molecule has 0 unspecified atom stereocenters. The molecule has 2 rings (SSSR count). The summed E-state index contributed by atoms with van der Waals surface area (Å²) in [6, 6.07) is 7.28. The second-order valence-electron chi connectivity index (χ2n) is 4.36. The maximum Gasteiger partial charge on any atom is 0.272 e. The smallest absolute Gasteiger partial charge is 0.272 e. The maximum atomic E-state index is 12.2. The van der Waals surface area contributed by atoms with Crippen LogP contribution in [0.25, 0.3) is 0 Å². The molecule has 1 amide bonds. The average Bonchev–Trinajstić information content (AvgIpc) is 2.79. The fraction of sp³-hybridized carbons (Fsp3) is 0.154. The summed E-state index contributed by atoms with van der Waals surface area (Å²) >= 11 is 5.88. The number of carbonyl (C=O) groups excluding carboxylic acids is 1. The molecule has 0 spiro atoms. The molecule has 0 saturated heterocycles. The Morgan fingerprint density at radius 3 is 2.71 bits per heavy atom. The molecular formula is C13H14ClN3O3S. The first kappa shape index (κ1) is 15.6. The van der Waals surface area contributed by atoms with Crippen LogP contribution in [-0.2, 0) is 16.6 Å². The molecular weight excluding hydrogens is 314 g/mol. The average molecular weight is 328 g/mol. The predicted octanol–water partition coefficient (Wildman–Crippen LogP) is 2.06. The normalized spacial score (nSPS) is 11.4. The van der Waals surface area contributed by atoms with E-state index < -0.39 is 10.0 Å². The molecule has 6 nitrogen and oxygen atoms in total. The van der Waals surface area contributed by atoms with Crippen molar-refractivity contribution in [3.63, 3.8) is 0 Å². The fourth-order valence-corrected chi connectivity index (χ4v) is 2.65. The summed E-state index contributed by atoms with van der Waals surface area (Å²) < 4.78 is 24.3. The van der Waals surface area contributed by atoms with Crippen molar-refractivity contribution < 1.29 is 13.2 Å². The highest BCUT2D eigenvalue weighted by molar-refractivity contribution is 7.89. The number of hydrogen-bond donors (Lipinski definition) is 2. The van der Waals surface area contributed by atoms with Gasteiger partial charge in [0, 0.05) is 18.4 Å². The number of aryl methyl sites for hydroxylation is 1. The van der Waals surface area contributed by atoms with Crippen LogP contribution in [0.1, 0.15) is 17.4 Å². The van der Waals surface area contributed by atoms with Gasteiger partial charge in [0.2, 0.25) is 10.0 Å². The van der Waals surface area contributed by atoms with E-state index >= 15 is 0 Å². The number of benzene rings is 1. The van der Waals surface area contributed by atoms with Crippen molar-refractivity contribution in [2.45, 2.75) is 18.4 Å². The molecule has 2 aromatic rings. The van der Waals surface area contributed by atoms with Crippen molar-refractivity contribution in [2.75, 3.05) is 5.32 Å². The minimum atomic E-state index is -3.81. The van der Waals surface area contributed by atoms with Crippen molar-refractivity contribution in [1.29, 1.82) is 0 Å². The van der Waals surface area contributed by atoms with Gasteiger partial charge in [0.1, 0.15) is 5.69 Å². The minimum Gasteiger partial charge on any atom is -0.342 e. The quantitative estimate of drug-likeness (QED) is 0.899. The van der Waals surface area contributed by atoms with Crippen molar-refractivity contribution >= 4 is 33.2 Å². The van der Waals surface area contributed by atoms with Crippen LogP contribution >= 0.6 is 11.6 Å². The van der Waals surface area contributed by atoms with Gasteiger partial charge >= 0.3 is 0 Å². The van der Waals surface area contributed by atoms with Crippen LogP contribution in [-0.4, -0.2) is 18.9 Å². The van der Waals surface area contributed by atoms with Crippen LogP contribution in [0.5, 0.6) is 0 Å². The Morgan fingerprint density at radius 1 is 1.38 bits per heavy atom. The number of aromatic nitrogens is 1. The number of nitrogens with one attached hydrogen (secondary N) is 1. The lowest BCUT2D eigenvalue weighted by atomic mass is 10.3. The van der Waals surface area contributed by atoms with Gasteiger partial charge in [-0.05, 0) is 31.2 Å². The van der Waals surface area contributed by atoms with Crippen LogP contribution in [0, 0.1) is 0 Å². The lowest BCUT2D eigenvalue weighted by Crippen LogP contribution is -2.17. The molecule has 21 heavy (non-hydrogen) atoms. The number of nitrogens with two attached hydrogens (primary N) is 1. The van der Waals surface area contributed by atoms with Gasteiger partial charge in [0.15, 0.2) is 0 Å². The Morgan fingerprint density at radius 2 is 2.10 bits per heavy atom. The lowest BCUT2D eigenvalue weighted by molar-refractivity contribution is 0.101. The Balaban J connectivity index is 2.28. The van der Waals surface area contributed by atoms with Gasteiger partial charge in [-0.2, -0.15) is 0 Å². The third-order valence-electron chi connectivity index (χ3n) is 2.86. The molecule has 1 aromatic carbocycles. The Bertz CT molecular complexity index is 784. The number of rotatable bonds is 4. The first-order valence-electron chi connectivity index (χ1n) is 6.11. The fourth-order valence-electron chi connectivity index (χ4n) is 1.87. The number of nitrogens with zero attached hydrogens (tertiary/aromatic N) is 1. The number of anilines is 1. The summed E-state index contributed by atoms with van der Waals surface area (Å²) in [5, 5.41) is 8.13. The van der Waals surface area contributed by atoms with E-state index in [9.17, 15) is 13.2 Å². The van der Waals surface area contributed by atoms with Gasteiger partial charge in [0.05, 0.1) is 9.92 Å². The molecule has 1 heterocycles. The molecule has 0 radical (unpaired) electrons. The summed E-state index contributed by atoms with van der Waals surface area (Å²) in [5.74, 6) is -0.379. The largest absolute Gasteiger partial charge is 0.342 e. The minimum absolute atomic E-state index is 0.0655. The van der Waals surface area contributed by atoms with Gasteiger partial charge in [-0.15, -0.1) is 0 Å². The van der Waals surface area contributed by atoms with Crippen molar-refractivity contribution in [3.05, 3.63) is 47.2 Å². The van der Waals surface area contributed by atoms with Crippen LogP contribution in [0.2, 0.25) is 5.02 Å². The standard InChI is InChI=1S/C13H14ClN3O3S/c1-2-17-8-9(14)6-12(17)13(18)16-10-4-3-5-11(7-10)21(15,19)20/h3-8H,2H2,1H3,(H,16,18)(H2,15,19,20). The molecule has 3 N–H and O–H groups in total. The number of primary sulfonamides is 1. The van der Waals surface area contributed by atoms with E-state index in [-0.39, 0.29) is 10.8 Å². The topological polar surface area (TPSA) is 94.2 Å². The second kappa shape index (κ2) is 5.88. The second-order valence-corrected chi connectivity index (χ2v) is 6.35. The third-order valence-corrected chi connectivity index (χ3v) is 3.97. The number of sulfonamides is 1. The molecule has 112 valence electrons. The summed E-state index contributed by atoms with van der Waals surface area (Å²) in [7, 11) is -3.81. The van der Waals surface area contributed by atoms with E-state index in [0.717, 1.165) is 0 Å². The van der Waals surface area contributed by atoms with E-state index in [2.05, 4.69) is 5.32 Å². The Labute approximate surface area is 127 Å². The number of carbonyl (C=O) groups is 1. The van der Waals surface area contributed by atoms with E-state index in [1.807, 2.05) is 6.92 Å². The van der Waals surface area contributed by atoms with E-state index in [1.54, 1.807) is 22.9 Å². The summed E-state index contributed by atoms with van der Waals surface area (Å²) in [4.78, 5) is 12.1. The zero-order chi connectivity index (χ0) is 15.6. The molecule has 0 atom stereocenters. The molecule has 0 aliphatic heterocycles. The Hall–Kier alpha value is -1.83. The first-order valence-corrected chi connectivity index (χ1v) is 8.03. The van der Waals surface area contributed by atoms with Crippen LogP contribution in [0.15, 0.2) is 41.4 Å². The third kappa shape index (κ3) is 3.63. The van der Waals surface area contributed by atoms with Crippen molar-refractivity contribution in [3.8, 4) is 0 Å². The SMILES string of the molecule is CCn1cc(Cl)cc1C(=O)Nc1cccc(S(N)(=O)=O)c1. The molecule has 0 aliphatic rings. The van der Waals surface area contributed by atoms with Crippen LogP contribution < -0.4 is 10.5 Å². The number of amides is 1.